The summed E-state index contributed by atoms with van der Waals surface area (Å²) in [6, 6.07) is 1.37. The molecule has 1 aliphatic heterocycles. The second kappa shape index (κ2) is 9.30. The van der Waals surface area contributed by atoms with Crippen LogP contribution in [-0.2, 0) is 11.2 Å². The molecule has 1 saturated heterocycles. The normalized spacial score (nSPS) is 30.6. The number of H-pyrrole nitrogens is 1. The van der Waals surface area contributed by atoms with E-state index in [0.717, 1.165) is 30.8 Å². The lowest BCUT2D eigenvalue weighted by atomic mass is 9.49. The summed E-state index contributed by atoms with van der Waals surface area (Å²) in [6.07, 6.45) is 7.40. The minimum absolute atomic E-state index is 0.168. The Kier molecular flexibility index (Phi) is 6.27. The van der Waals surface area contributed by atoms with Crippen LogP contribution in [0.4, 0.5) is 4.39 Å². The summed E-state index contributed by atoms with van der Waals surface area (Å²) in [4.78, 5) is 32.9. The Morgan fingerprint density at radius 1 is 1.23 bits per heavy atom. The van der Waals surface area contributed by atoms with Gasteiger partial charge in [-0.3, -0.25) is 19.6 Å². The molecular weight excluding hydrogens is 493 g/mol. The van der Waals surface area contributed by atoms with E-state index in [0.29, 0.717) is 40.9 Å². The van der Waals surface area contributed by atoms with Crippen molar-refractivity contribution in [3.63, 3.8) is 0 Å². The Bertz CT molecular complexity index is 1420. The molecule has 5 atom stereocenters. The number of aromatic amines is 1. The van der Waals surface area contributed by atoms with Gasteiger partial charge >= 0.3 is 0 Å². The first-order valence-corrected chi connectivity index (χ1v) is 14.2. The molecule has 2 heterocycles. The fourth-order valence-electron chi connectivity index (χ4n) is 7.98. The molecule has 6 rings (SSSR count). The molecule has 2 aromatic rings. The van der Waals surface area contributed by atoms with E-state index in [4.69, 9.17) is 0 Å². The Balaban J connectivity index is 1.40. The van der Waals surface area contributed by atoms with Crippen LogP contribution in [0.2, 0.25) is 0 Å². The fourth-order valence-corrected chi connectivity index (χ4v) is 7.98. The van der Waals surface area contributed by atoms with Gasteiger partial charge in [-0.05, 0) is 102 Å². The lowest BCUT2D eigenvalue weighted by Gasteiger charge is -2.53. The summed E-state index contributed by atoms with van der Waals surface area (Å²) >= 11 is 0. The number of likely N-dealkylation sites (tertiary alicyclic amines) is 1. The molecule has 1 aromatic carbocycles. The minimum Gasteiger partial charge on any atom is -0.304 e. The Morgan fingerprint density at radius 3 is 2.64 bits per heavy atom. The molecule has 7 nitrogen and oxygen atoms in total. The van der Waals surface area contributed by atoms with Crippen LogP contribution in [0.15, 0.2) is 12.1 Å². The summed E-state index contributed by atoms with van der Waals surface area (Å²) in [5, 5.41) is 16.7. The Labute approximate surface area is 229 Å². The van der Waals surface area contributed by atoms with E-state index in [1.807, 2.05) is 38.9 Å². The van der Waals surface area contributed by atoms with Gasteiger partial charge in [0.1, 0.15) is 5.82 Å². The second-order valence-electron chi connectivity index (χ2n) is 12.4. The first-order valence-electron chi connectivity index (χ1n) is 14.2. The Morgan fingerprint density at radius 2 is 1.95 bits per heavy atom. The van der Waals surface area contributed by atoms with Gasteiger partial charge in [0.05, 0.1) is 34.3 Å². The summed E-state index contributed by atoms with van der Waals surface area (Å²) in [5.74, 6) is -1.95. The number of fused-ring (bicyclic) bond motifs is 4. The molecule has 39 heavy (non-hydrogen) atoms. The average molecular weight is 532 g/mol. The lowest BCUT2D eigenvalue weighted by molar-refractivity contribution is -0.138. The third-order valence-electron chi connectivity index (χ3n) is 10.0. The van der Waals surface area contributed by atoms with Crippen LogP contribution in [-0.4, -0.2) is 71.0 Å². The molecule has 2 N–H and O–H groups in total. The molecule has 0 radical (unpaired) electrons. The van der Waals surface area contributed by atoms with Gasteiger partial charge in [-0.1, -0.05) is 12.2 Å². The van der Waals surface area contributed by atoms with Crippen molar-refractivity contribution in [3.8, 4) is 0 Å². The van der Waals surface area contributed by atoms with Crippen LogP contribution in [0, 0.1) is 48.2 Å². The largest absolute Gasteiger partial charge is 0.304 e. The van der Waals surface area contributed by atoms with Crippen molar-refractivity contribution in [3.05, 3.63) is 57.2 Å². The topological polar surface area (TPSA) is 93.1 Å². The molecule has 1 saturated carbocycles. The number of hydrogen-bond donors (Lipinski definition) is 2. The number of halogens is 1. The number of hydrogen-bond acceptors (Lipinski definition) is 6. The Hall–Kier alpha value is -2.97. The highest BCUT2D eigenvalue weighted by Gasteiger charge is 2.63. The van der Waals surface area contributed by atoms with E-state index in [9.17, 15) is 15.0 Å². The quantitative estimate of drug-likeness (QED) is 0.566. The van der Waals surface area contributed by atoms with Crippen LogP contribution in [0.3, 0.4) is 0 Å². The summed E-state index contributed by atoms with van der Waals surface area (Å²) < 4.78 is 15.6. The highest BCUT2D eigenvalue weighted by Crippen LogP contribution is 2.57. The van der Waals surface area contributed by atoms with Crippen molar-refractivity contribution < 1.29 is 14.0 Å². The first-order chi connectivity index (χ1) is 18.6. The van der Waals surface area contributed by atoms with Gasteiger partial charge in [0.25, 0.3) is 0 Å². The maximum absolute atomic E-state index is 15.6. The third-order valence-corrected chi connectivity index (χ3v) is 10.0. The van der Waals surface area contributed by atoms with Crippen LogP contribution >= 0.6 is 0 Å². The van der Waals surface area contributed by atoms with Crippen molar-refractivity contribution in [1.29, 1.82) is 5.41 Å². The molecule has 5 unspecified atom stereocenters. The van der Waals surface area contributed by atoms with Crippen molar-refractivity contribution in [2.24, 2.45) is 23.2 Å². The summed E-state index contributed by atoms with van der Waals surface area (Å²) in [7, 11) is 3.90. The molecular formula is C31H38FN5O2. The molecule has 0 amide bonds. The maximum atomic E-state index is 15.6. The van der Waals surface area contributed by atoms with Gasteiger partial charge in [0.2, 0.25) is 0 Å². The number of aryl methyl sites for hydroxylation is 1. The molecule has 8 heteroatoms. The van der Waals surface area contributed by atoms with Crippen molar-refractivity contribution in [1.82, 2.24) is 20.0 Å². The predicted octanol–water partition coefficient (Wildman–Crippen LogP) is 4.53. The smallest absolute Gasteiger partial charge is 0.180 e. The molecule has 0 bridgehead atoms. The average Bonchev–Trinajstić information content (AvgIpc) is 3.54. The van der Waals surface area contributed by atoms with Crippen molar-refractivity contribution in [2.45, 2.75) is 52.5 Å². The van der Waals surface area contributed by atoms with Crippen LogP contribution in [0.5, 0.6) is 0 Å². The monoisotopic (exact) mass is 531 g/mol. The number of rotatable bonds is 4. The van der Waals surface area contributed by atoms with Crippen LogP contribution < -0.4 is 0 Å². The van der Waals surface area contributed by atoms with Gasteiger partial charge < -0.3 is 10.3 Å². The van der Waals surface area contributed by atoms with E-state index in [-0.39, 0.29) is 41.0 Å². The summed E-state index contributed by atoms with van der Waals surface area (Å²) in [5.41, 5.74) is 3.45. The third kappa shape index (κ3) is 3.74. The number of aromatic nitrogens is 2. The zero-order valence-electron chi connectivity index (χ0n) is 23.5. The fraction of sp³-hybridized carbons (Fsp3) is 0.548. The lowest BCUT2D eigenvalue weighted by Crippen LogP contribution is -2.60. The van der Waals surface area contributed by atoms with Crippen LogP contribution in [0.1, 0.15) is 76.2 Å². The number of carbonyl (C=O) groups is 2. The van der Waals surface area contributed by atoms with E-state index in [2.05, 4.69) is 21.2 Å². The molecule has 1 aromatic heterocycles. The molecule has 206 valence electrons. The van der Waals surface area contributed by atoms with Crippen LogP contribution in [0.25, 0.3) is 6.08 Å². The van der Waals surface area contributed by atoms with Gasteiger partial charge in [-0.15, -0.1) is 0 Å². The number of carbonyl (C=O) groups excluding carboxylic acids is 2. The van der Waals surface area contributed by atoms with E-state index in [1.165, 1.54) is 12.8 Å². The number of nitrogens with one attached hydrogen (secondary N) is 2. The van der Waals surface area contributed by atoms with E-state index < -0.39 is 11.3 Å². The van der Waals surface area contributed by atoms with Gasteiger partial charge in [-0.25, -0.2) is 4.39 Å². The maximum Gasteiger partial charge on any atom is 0.180 e. The molecule has 0 spiro atoms. The zero-order valence-corrected chi connectivity index (χ0v) is 23.5. The number of Topliss-reactive ketones (excluding diaryl/α,β-unsaturated/α-hetero) is 2. The molecule has 3 aliphatic carbocycles. The van der Waals surface area contributed by atoms with E-state index >= 15 is 4.39 Å². The zero-order chi connectivity index (χ0) is 27.8. The minimum atomic E-state index is -1.26. The molecule has 4 aliphatic rings. The van der Waals surface area contributed by atoms with Crippen molar-refractivity contribution in [2.75, 3.05) is 33.7 Å². The number of benzene rings is 1. The van der Waals surface area contributed by atoms with Gasteiger partial charge in [0, 0.05) is 23.7 Å². The second-order valence-corrected chi connectivity index (χ2v) is 12.4. The summed E-state index contributed by atoms with van der Waals surface area (Å²) in [6.45, 7) is 8.52. The van der Waals surface area contributed by atoms with Gasteiger partial charge in [0.15, 0.2) is 11.6 Å². The standard InChI is InChI=1S/C31H38FN5O2/c1-16-18(9-8-12-37-10-6-7-11-37)15-22(32)20-13-19-14-21-28(36(4)5)27-24(17(2)34-35-27)29(38)31(21,3)30(39)25(19)26(33)23(16)20/h8-9,15,19,21,25,28,33H,6-7,10-14H2,1-5H3,(H,34,35). The van der Waals surface area contributed by atoms with E-state index in [1.54, 1.807) is 13.0 Å². The highest BCUT2D eigenvalue weighted by molar-refractivity contribution is 6.24. The SMILES string of the molecule is Cc1[nH]nc2c1C(=O)C1(C)C(=O)C3C(=N)c4c(C)c(C=CCN5CCCC5)cc(F)c4CC3CC1C2N(C)C. The molecule has 2 fully saturated rings. The predicted molar refractivity (Wildman–Crippen MR) is 149 cm³/mol. The number of nitrogens with zero attached hydrogens (tertiary/aromatic N) is 3. The highest BCUT2D eigenvalue weighted by atomic mass is 19.1. The number of ketones is 2. The van der Waals surface area contributed by atoms with Gasteiger partial charge in [-0.2, -0.15) is 5.10 Å². The first kappa shape index (κ1) is 26.3. The van der Waals surface area contributed by atoms with Crippen molar-refractivity contribution >= 4 is 23.4 Å².